The second kappa shape index (κ2) is 7.39. The summed E-state index contributed by atoms with van der Waals surface area (Å²) in [7, 11) is 0. The van der Waals surface area contributed by atoms with Gasteiger partial charge >= 0.3 is 0 Å². The summed E-state index contributed by atoms with van der Waals surface area (Å²) < 4.78 is 6.47. The van der Waals surface area contributed by atoms with Gasteiger partial charge in [-0.25, -0.2) is 9.97 Å². The molecule has 35 heavy (non-hydrogen) atoms. The summed E-state index contributed by atoms with van der Waals surface area (Å²) in [6.45, 7) is 15.2. The highest BCUT2D eigenvalue weighted by Gasteiger charge is 2.20. The van der Waals surface area contributed by atoms with Crippen molar-refractivity contribution in [1.82, 2.24) is 9.97 Å². The summed E-state index contributed by atoms with van der Waals surface area (Å²) in [4.78, 5) is 9.93. The van der Waals surface area contributed by atoms with Crippen LogP contribution in [0.2, 0.25) is 0 Å². The first-order valence-electron chi connectivity index (χ1n) is 12.3. The lowest BCUT2D eigenvalue weighted by molar-refractivity contribution is 0.590. The molecule has 174 valence electrons. The molecular formula is C32H30N2O. The minimum Gasteiger partial charge on any atom is -0.455 e. The summed E-state index contributed by atoms with van der Waals surface area (Å²) in [6, 6.07) is 19.8. The molecule has 4 aromatic carbocycles. The molecule has 6 rings (SSSR count). The Morgan fingerprint density at radius 1 is 0.714 bits per heavy atom. The zero-order valence-electron chi connectivity index (χ0n) is 21.5. The average molecular weight is 459 g/mol. The van der Waals surface area contributed by atoms with Gasteiger partial charge in [0, 0.05) is 27.1 Å². The van der Waals surface area contributed by atoms with Crippen molar-refractivity contribution < 1.29 is 4.42 Å². The predicted octanol–water partition coefficient (Wildman–Crippen LogP) is 8.88. The van der Waals surface area contributed by atoms with Crippen molar-refractivity contribution >= 4 is 43.6 Å². The van der Waals surface area contributed by atoms with Gasteiger partial charge in [-0.3, -0.25) is 0 Å². The summed E-state index contributed by atoms with van der Waals surface area (Å²) in [5.41, 5.74) is 9.81. The number of aromatic nitrogens is 2. The van der Waals surface area contributed by atoms with E-state index in [9.17, 15) is 0 Å². The lowest BCUT2D eigenvalue weighted by Crippen LogP contribution is -2.11. The van der Waals surface area contributed by atoms with Gasteiger partial charge in [0.05, 0.1) is 11.2 Å². The number of rotatable bonds is 1. The Hall–Kier alpha value is -3.72. The smallest absolute Gasteiger partial charge is 0.144 e. The molecule has 0 atom stereocenters. The Bertz CT molecular complexity index is 1820. The molecule has 6 aromatic rings. The van der Waals surface area contributed by atoms with E-state index >= 15 is 0 Å². The Balaban J connectivity index is 1.72. The first kappa shape index (κ1) is 21.8. The van der Waals surface area contributed by atoms with Crippen LogP contribution in [0.15, 0.2) is 59.0 Å². The van der Waals surface area contributed by atoms with Crippen molar-refractivity contribution in [3.05, 3.63) is 82.7 Å². The third kappa shape index (κ3) is 3.41. The Morgan fingerprint density at radius 2 is 1.49 bits per heavy atom. The zero-order chi connectivity index (χ0) is 24.6. The largest absolute Gasteiger partial charge is 0.455 e. The van der Waals surface area contributed by atoms with Gasteiger partial charge in [0.2, 0.25) is 0 Å². The van der Waals surface area contributed by atoms with E-state index in [4.69, 9.17) is 14.4 Å². The summed E-state index contributed by atoms with van der Waals surface area (Å²) in [5, 5.41) is 5.75. The van der Waals surface area contributed by atoms with Crippen LogP contribution in [-0.4, -0.2) is 9.97 Å². The molecule has 0 aliphatic carbocycles. The molecule has 2 aromatic heterocycles. The van der Waals surface area contributed by atoms with E-state index in [2.05, 4.69) is 96.1 Å². The molecule has 3 heteroatoms. The zero-order valence-corrected chi connectivity index (χ0v) is 21.5. The van der Waals surface area contributed by atoms with Crippen molar-refractivity contribution in [2.45, 2.75) is 53.9 Å². The van der Waals surface area contributed by atoms with Gasteiger partial charge in [-0.1, -0.05) is 51.1 Å². The van der Waals surface area contributed by atoms with Crippen molar-refractivity contribution in [3.63, 3.8) is 0 Å². The highest BCUT2D eigenvalue weighted by molar-refractivity contribution is 6.15. The van der Waals surface area contributed by atoms with E-state index < -0.39 is 0 Å². The molecule has 0 bridgehead atoms. The van der Waals surface area contributed by atoms with Gasteiger partial charge in [0.15, 0.2) is 0 Å². The third-order valence-corrected chi connectivity index (χ3v) is 7.08. The van der Waals surface area contributed by atoms with E-state index in [0.717, 1.165) is 49.9 Å². The summed E-state index contributed by atoms with van der Waals surface area (Å²) >= 11 is 0. The number of hydrogen-bond donors (Lipinski definition) is 0. The van der Waals surface area contributed by atoms with Gasteiger partial charge in [0.1, 0.15) is 17.0 Å². The normalized spacial score (nSPS) is 12.4. The van der Waals surface area contributed by atoms with Gasteiger partial charge in [-0.2, -0.15) is 0 Å². The van der Waals surface area contributed by atoms with Gasteiger partial charge in [0.25, 0.3) is 0 Å². The van der Waals surface area contributed by atoms with Crippen molar-refractivity contribution in [2.75, 3.05) is 0 Å². The van der Waals surface area contributed by atoms with E-state index in [1.807, 2.05) is 6.92 Å². The Labute approximate surface area is 205 Å². The topological polar surface area (TPSA) is 38.9 Å². The molecule has 0 aliphatic rings. The third-order valence-electron chi connectivity index (χ3n) is 7.08. The maximum atomic E-state index is 6.47. The lowest BCUT2D eigenvalue weighted by atomic mass is 9.84. The van der Waals surface area contributed by atoms with Crippen LogP contribution < -0.4 is 0 Å². The van der Waals surface area contributed by atoms with Crippen molar-refractivity contribution in [3.8, 4) is 11.3 Å². The van der Waals surface area contributed by atoms with Crippen molar-refractivity contribution in [2.24, 2.45) is 0 Å². The van der Waals surface area contributed by atoms with Gasteiger partial charge in [-0.15, -0.1) is 0 Å². The number of benzene rings is 4. The second-order valence-electron chi connectivity index (χ2n) is 11.0. The van der Waals surface area contributed by atoms with Crippen molar-refractivity contribution in [1.29, 1.82) is 0 Å². The monoisotopic (exact) mass is 458 g/mol. The molecule has 0 radical (unpaired) electrons. The number of nitrogens with zero attached hydrogens (tertiary/aromatic N) is 2. The molecule has 0 spiro atoms. The number of hydrogen-bond acceptors (Lipinski definition) is 3. The van der Waals surface area contributed by atoms with Crippen LogP contribution in [-0.2, 0) is 5.41 Å². The summed E-state index contributed by atoms with van der Waals surface area (Å²) in [5.74, 6) is 0.765. The number of fused-ring (bicyclic) bond motifs is 6. The molecular weight excluding hydrogens is 428 g/mol. The molecule has 0 unspecified atom stereocenters. The first-order chi connectivity index (χ1) is 16.6. The predicted molar refractivity (Wildman–Crippen MR) is 147 cm³/mol. The number of aryl methyl sites for hydroxylation is 4. The maximum absolute atomic E-state index is 6.47. The van der Waals surface area contributed by atoms with Crippen LogP contribution in [0, 0.1) is 27.7 Å². The molecule has 2 heterocycles. The maximum Gasteiger partial charge on any atom is 0.144 e. The fourth-order valence-corrected chi connectivity index (χ4v) is 5.32. The van der Waals surface area contributed by atoms with E-state index in [1.54, 1.807) is 0 Å². The average Bonchev–Trinajstić information content (AvgIpc) is 3.14. The van der Waals surface area contributed by atoms with E-state index in [0.29, 0.717) is 0 Å². The molecule has 0 fully saturated rings. The number of furan rings is 1. The fourth-order valence-electron chi connectivity index (χ4n) is 5.32. The molecule has 3 nitrogen and oxygen atoms in total. The van der Waals surface area contributed by atoms with Gasteiger partial charge < -0.3 is 4.42 Å². The van der Waals surface area contributed by atoms with Crippen LogP contribution in [0.4, 0.5) is 0 Å². The SMILES string of the molecule is Cc1ccc2c(c1)oc1c(-c3nc(C)nc4c3ccc3cc(C(C)(C)C)cc(C)c34)cc(C)cc12. The van der Waals surface area contributed by atoms with Gasteiger partial charge in [-0.05, 0) is 85.0 Å². The van der Waals surface area contributed by atoms with Crippen LogP contribution >= 0.6 is 0 Å². The Morgan fingerprint density at radius 3 is 2.26 bits per heavy atom. The van der Waals surface area contributed by atoms with Crippen LogP contribution in [0.3, 0.4) is 0 Å². The quantitative estimate of drug-likeness (QED) is 0.231. The lowest BCUT2D eigenvalue weighted by Gasteiger charge is -2.21. The molecule has 0 N–H and O–H groups in total. The Kier molecular flexibility index (Phi) is 4.60. The van der Waals surface area contributed by atoms with Crippen LogP contribution in [0.1, 0.15) is 48.8 Å². The van der Waals surface area contributed by atoms with E-state index in [1.165, 1.54) is 33.0 Å². The second-order valence-corrected chi connectivity index (χ2v) is 11.0. The fraction of sp³-hybridized carbons (Fsp3) is 0.250. The summed E-state index contributed by atoms with van der Waals surface area (Å²) in [6.07, 6.45) is 0. The molecule has 0 amide bonds. The molecule has 0 saturated carbocycles. The van der Waals surface area contributed by atoms with E-state index in [-0.39, 0.29) is 5.41 Å². The molecule has 0 saturated heterocycles. The first-order valence-corrected chi connectivity index (χ1v) is 12.3. The standard InChI is InChI=1S/C32H30N2O/c1-17-8-10-23-25-12-18(2)13-26(31(25)35-27(23)14-17)29-24-11-9-21-16-22(32(5,6)7)15-19(3)28(21)30(24)34-20(4)33-29/h8-16H,1-7H3. The highest BCUT2D eigenvalue weighted by atomic mass is 16.3. The van der Waals surface area contributed by atoms with Crippen LogP contribution in [0.25, 0.3) is 54.9 Å². The van der Waals surface area contributed by atoms with Crippen LogP contribution in [0.5, 0.6) is 0 Å². The minimum absolute atomic E-state index is 0.0907. The minimum atomic E-state index is 0.0907. The highest BCUT2D eigenvalue weighted by Crippen LogP contribution is 2.40. The molecule has 0 aliphatic heterocycles.